The number of aromatic nitrogens is 2. The monoisotopic (exact) mass is 370 g/mol. The average molecular weight is 370 g/mol. The van der Waals surface area contributed by atoms with Gasteiger partial charge in [0, 0.05) is 24.0 Å². The van der Waals surface area contributed by atoms with Crippen molar-refractivity contribution < 1.29 is 4.79 Å². The molecule has 0 saturated carbocycles. The molecule has 0 spiro atoms. The fourth-order valence-corrected chi connectivity index (χ4v) is 3.29. The number of carbonyl (C=O) groups excluding carboxylic acids is 1. The molecule has 0 atom stereocenters. The summed E-state index contributed by atoms with van der Waals surface area (Å²) in [6.45, 7) is 2.96. The van der Waals surface area contributed by atoms with Crippen molar-refractivity contribution in [1.82, 2.24) is 15.1 Å². The van der Waals surface area contributed by atoms with Gasteiger partial charge in [0.15, 0.2) is 0 Å². The van der Waals surface area contributed by atoms with E-state index in [0.717, 1.165) is 27.7 Å². The van der Waals surface area contributed by atoms with Crippen LogP contribution in [0.5, 0.6) is 0 Å². The smallest absolute Gasteiger partial charge is 0.251 e. The van der Waals surface area contributed by atoms with Crippen LogP contribution in [0.4, 0.5) is 0 Å². The molecule has 0 radical (unpaired) electrons. The normalized spacial score (nSPS) is 10.9. The Labute approximate surface area is 163 Å². The molecule has 0 aliphatic carbocycles. The number of amides is 1. The zero-order valence-corrected chi connectivity index (χ0v) is 15.7. The van der Waals surface area contributed by atoms with Crippen molar-refractivity contribution in [2.24, 2.45) is 5.73 Å². The van der Waals surface area contributed by atoms with Crippen LogP contribution in [0, 0.1) is 6.92 Å². The molecule has 0 saturated heterocycles. The van der Waals surface area contributed by atoms with Gasteiger partial charge in [-0.05, 0) is 53.9 Å². The Morgan fingerprint density at radius 1 is 1.04 bits per heavy atom. The van der Waals surface area contributed by atoms with Crippen molar-refractivity contribution in [3.63, 3.8) is 0 Å². The molecular formula is C23H22N4O. The van der Waals surface area contributed by atoms with Crippen LogP contribution in [0.3, 0.4) is 0 Å². The number of fused-ring (bicyclic) bond motifs is 1. The zero-order valence-electron chi connectivity index (χ0n) is 15.7. The Morgan fingerprint density at radius 2 is 1.86 bits per heavy atom. The SMILES string of the molecule is Cc1cccc(-n2ncc3ccc(-c4cccc(C(=O)NCCN)c4)cc32)c1. The molecule has 140 valence electrons. The number of hydrogen-bond acceptors (Lipinski definition) is 3. The molecule has 5 heteroatoms. The van der Waals surface area contributed by atoms with E-state index in [1.807, 2.05) is 41.2 Å². The molecule has 4 rings (SSSR count). The van der Waals surface area contributed by atoms with Crippen LogP contribution in [-0.4, -0.2) is 28.8 Å². The van der Waals surface area contributed by atoms with Crippen molar-refractivity contribution >= 4 is 16.8 Å². The van der Waals surface area contributed by atoms with E-state index in [1.54, 1.807) is 0 Å². The second kappa shape index (κ2) is 7.66. The van der Waals surface area contributed by atoms with Crippen LogP contribution in [0.25, 0.3) is 27.7 Å². The minimum absolute atomic E-state index is 0.113. The number of hydrogen-bond donors (Lipinski definition) is 2. The highest BCUT2D eigenvalue weighted by Crippen LogP contribution is 2.27. The first-order valence-electron chi connectivity index (χ1n) is 9.29. The van der Waals surface area contributed by atoms with Crippen LogP contribution in [0.15, 0.2) is 72.9 Å². The van der Waals surface area contributed by atoms with Crippen molar-refractivity contribution in [2.75, 3.05) is 13.1 Å². The number of nitrogens with zero attached hydrogens (tertiary/aromatic N) is 2. The molecule has 1 amide bonds. The number of rotatable bonds is 5. The van der Waals surface area contributed by atoms with E-state index < -0.39 is 0 Å². The lowest BCUT2D eigenvalue weighted by molar-refractivity contribution is 0.0955. The molecular weight excluding hydrogens is 348 g/mol. The highest BCUT2D eigenvalue weighted by atomic mass is 16.1. The summed E-state index contributed by atoms with van der Waals surface area (Å²) in [7, 11) is 0. The van der Waals surface area contributed by atoms with E-state index in [2.05, 4.69) is 53.7 Å². The minimum atomic E-state index is -0.113. The lowest BCUT2D eigenvalue weighted by Crippen LogP contribution is -2.28. The van der Waals surface area contributed by atoms with Gasteiger partial charge >= 0.3 is 0 Å². The summed E-state index contributed by atoms with van der Waals surface area (Å²) in [5.74, 6) is -0.113. The first-order chi connectivity index (χ1) is 13.7. The number of benzene rings is 3. The highest BCUT2D eigenvalue weighted by molar-refractivity contribution is 5.96. The van der Waals surface area contributed by atoms with Crippen LogP contribution in [0.1, 0.15) is 15.9 Å². The predicted octanol–water partition coefficient (Wildman–Crippen LogP) is 3.69. The fraction of sp³-hybridized carbons (Fsp3) is 0.130. The molecule has 3 aromatic carbocycles. The molecule has 1 aromatic heterocycles. The molecule has 0 aliphatic heterocycles. The second-order valence-electron chi connectivity index (χ2n) is 6.79. The van der Waals surface area contributed by atoms with Gasteiger partial charge in [0.05, 0.1) is 17.4 Å². The summed E-state index contributed by atoms with van der Waals surface area (Å²) in [5, 5.41) is 8.44. The number of aryl methyl sites for hydroxylation is 1. The molecule has 28 heavy (non-hydrogen) atoms. The lowest BCUT2D eigenvalue weighted by Gasteiger charge is -2.08. The van der Waals surface area contributed by atoms with Gasteiger partial charge in [-0.1, -0.05) is 36.4 Å². The highest BCUT2D eigenvalue weighted by Gasteiger charge is 2.10. The zero-order chi connectivity index (χ0) is 19.5. The third-order valence-corrected chi connectivity index (χ3v) is 4.71. The standard InChI is InChI=1S/C23H22N4O/c1-16-4-2-7-21(12-16)27-22-14-18(8-9-20(22)15-26-27)17-5-3-6-19(13-17)23(28)25-11-10-24/h2-9,12-15H,10-11,24H2,1H3,(H,25,28). The maximum absolute atomic E-state index is 12.2. The maximum Gasteiger partial charge on any atom is 0.251 e. The van der Waals surface area contributed by atoms with Gasteiger partial charge in [-0.25, -0.2) is 4.68 Å². The van der Waals surface area contributed by atoms with E-state index in [-0.39, 0.29) is 5.91 Å². The van der Waals surface area contributed by atoms with Gasteiger partial charge in [-0.15, -0.1) is 0 Å². The Hall–Kier alpha value is -3.44. The molecule has 3 N–H and O–H groups in total. The quantitative estimate of drug-likeness (QED) is 0.563. The van der Waals surface area contributed by atoms with Crippen LogP contribution in [0.2, 0.25) is 0 Å². The fourth-order valence-electron chi connectivity index (χ4n) is 3.29. The minimum Gasteiger partial charge on any atom is -0.351 e. The molecule has 0 aliphatic rings. The summed E-state index contributed by atoms with van der Waals surface area (Å²) >= 11 is 0. The Morgan fingerprint density at radius 3 is 2.68 bits per heavy atom. The first kappa shape index (κ1) is 17.9. The van der Waals surface area contributed by atoms with E-state index in [4.69, 9.17) is 5.73 Å². The van der Waals surface area contributed by atoms with E-state index >= 15 is 0 Å². The van der Waals surface area contributed by atoms with Crippen molar-refractivity contribution in [3.8, 4) is 16.8 Å². The van der Waals surface area contributed by atoms with Gasteiger partial charge in [0.1, 0.15) is 0 Å². The number of carbonyl (C=O) groups is 1. The molecule has 0 fully saturated rings. The van der Waals surface area contributed by atoms with Crippen molar-refractivity contribution in [1.29, 1.82) is 0 Å². The summed E-state index contributed by atoms with van der Waals surface area (Å²) in [5.41, 5.74) is 11.4. The van der Waals surface area contributed by atoms with E-state index in [9.17, 15) is 4.79 Å². The van der Waals surface area contributed by atoms with Crippen LogP contribution < -0.4 is 11.1 Å². The van der Waals surface area contributed by atoms with E-state index in [0.29, 0.717) is 18.7 Å². The summed E-state index contributed by atoms with van der Waals surface area (Å²) in [6.07, 6.45) is 1.87. The van der Waals surface area contributed by atoms with Gasteiger partial charge in [0.2, 0.25) is 0 Å². The van der Waals surface area contributed by atoms with Crippen LogP contribution in [-0.2, 0) is 0 Å². The number of nitrogens with two attached hydrogens (primary N) is 1. The molecule has 0 unspecified atom stereocenters. The van der Waals surface area contributed by atoms with Gasteiger partial charge in [-0.2, -0.15) is 5.10 Å². The average Bonchev–Trinajstić information content (AvgIpc) is 3.15. The van der Waals surface area contributed by atoms with Crippen molar-refractivity contribution in [3.05, 3.63) is 84.1 Å². The Balaban J connectivity index is 1.74. The summed E-state index contributed by atoms with van der Waals surface area (Å²) in [4.78, 5) is 12.2. The third kappa shape index (κ3) is 3.52. The Kier molecular flexibility index (Phi) is 4.91. The summed E-state index contributed by atoms with van der Waals surface area (Å²) in [6, 6.07) is 22.1. The van der Waals surface area contributed by atoms with Gasteiger partial charge in [0.25, 0.3) is 5.91 Å². The molecule has 0 bridgehead atoms. The molecule has 5 nitrogen and oxygen atoms in total. The second-order valence-corrected chi connectivity index (χ2v) is 6.79. The van der Waals surface area contributed by atoms with Gasteiger partial charge < -0.3 is 11.1 Å². The molecule has 4 aromatic rings. The molecule has 1 heterocycles. The maximum atomic E-state index is 12.2. The largest absolute Gasteiger partial charge is 0.351 e. The lowest BCUT2D eigenvalue weighted by atomic mass is 10.0. The number of nitrogens with one attached hydrogen (secondary N) is 1. The van der Waals surface area contributed by atoms with Gasteiger partial charge in [-0.3, -0.25) is 4.79 Å². The van der Waals surface area contributed by atoms with E-state index in [1.165, 1.54) is 5.56 Å². The summed E-state index contributed by atoms with van der Waals surface area (Å²) < 4.78 is 1.95. The first-order valence-corrected chi connectivity index (χ1v) is 9.29. The van der Waals surface area contributed by atoms with Crippen LogP contribution >= 0.6 is 0 Å². The Bertz CT molecular complexity index is 1150. The predicted molar refractivity (Wildman–Crippen MR) is 113 cm³/mol. The topological polar surface area (TPSA) is 72.9 Å². The third-order valence-electron chi connectivity index (χ3n) is 4.71. The van der Waals surface area contributed by atoms with Crippen molar-refractivity contribution in [2.45, 2.75) is 6.92 Å².